The van der Waals surface area contributed by atoms with Crippen molar-refractivity contribution in [3.63, 3.8) is 0 Å². The number of pyridine rings is 1. The molecule has 0 bridgehead atoms. The molecule has 2 rings (SSSR count). The van der Waals surface area contributed by atoms with Gasteiger partial charge in [0, 0.05) is 17.3 Å². The van der Waals surface area contributed by atoms with E-state index in [9.17, 15) is 8.78 Å². The third kappa shape index (κ3) is 2.65. The second-order valence-corrected chi connectivity index (χ2v) is 4.48. The Morgan fingerprint density at radius 2 is 2.05 bits per heavy atom. The fourth-order valence-corrected chi connectivity index (χ4v) is 1.91. The van der Waals surface area contributed by atoms with E-state index in [2.05, 4.69) is 4.98 Å². The molecular formula is C15H13F2N3. The van der Waals surface area contributed by atoms with E-state index in [0.29, 0.717) is 11.3 Å². The van der Waals surface area contributed by atoms with Gasteiger partial charge in [-0.25, -0.2) is 0 Å². The Bertz CT molecular complexity index is 658. The molecule has 0 aliphatic heterocycles. The lowest BCUT2D eigenvalue weighted by molar-refractivity contribution is 0.00563. The number of hydrogen-bond donors (Lipinski definition) is 1. The predicted octanol–water partition coefficient (Wildman–Crippen LogP) is 2.98. The molecule has 0 aliphatic carbocycles. The van der Waals surface area contributed by atoms with E-state index in [-0.39, 0.29) is 5.56 Å². The van der Waals surface area contributed by atoms with Crippen molar-refractivity contribution in [3.8, 4) is 17.3 Å². The SMILES string of the molecule is Cc1cc(C#N)ccc1-c1ccc(C(F)(F)CN)cn1. The summed E-state index contributed by atoms with van der Waals surface area (Å²) < 4.78 is 26.8. The fourth-order valence-electron chi connectivity index (χ4n) is 1.91. The molecule has 0 amide bonds. The van der Waals surface area contributed by atoms with Gasteiger partial charge >= 0.3 is 0 Å². The first kappa shape index (κ1) is 14.1. The van der Waals surface area contributed by atoms with Crippen LogP contribution in [0.5, 0.6) is 0 Å². The van der Waals surface area contributed by atoms with Gasteiger partial charge in [0.2, 0.25) is 0 Å². The van der Waals surface area contributed by atoms with Crippen molar-refractivity contribution in [2.24, 2.45) is 5.73 Å². The van der Waals surface area contributed by atoms with Crippen LogP contribution in [-0.4, -0.2) is 11.5 Å². The molecule has 20 heavy (non-hydrogen) atoms. The quantitative estimate of drug-likeness (QED) is 0.935. The summed E-state index contributed by atoms with van der Waals surface area (Å²) in [5, 5.41) is 8.82. The smallest absolute Gasteiger partial charge is 0.286 e. The van der Waals surface area contributed by atoms with Gasteiger partial charge in [-0.2, -0.15) is 14.0 Å². The highest BCUT2D eigenvalue weighted by atomic mass is 19.3. The molecule has 1 aromatic heterocycles. The van der Waals surface area contributed by atoms with Crippen molar-refractivity contribution in [3.05, 3.63) is 53.2 Å². The number of benzene rings is 1. The van der Waals surface area contributed by atoms with Crippen LogP contribution < -0.4 is 5.73 Å². The minimum atomic E-state index is -3.06. The van der Waals surface area contributed by atoms with Crippen LogP contribution in [0.4, 0.5) is 8.78 Å². The molecule has 2 aromatic rings. The summed E-state index contributed by atoms with van der Waals surface area (Å²) in [7, 11) is 0. The predicted molar refractivity (Wildman–Crippen MR) is 72.1 cm³/mol. The Kier molecular flexibility index (Phi) is 3.77. The number of rotatable bonds is 3. The lowest BCUT2D eigenvalue weighted by atomic mass is 10.0. The number of nitrogens with zero attached hydrogens (tertiary/aromatic N) is 2. The third-order valence-corrected chi connectivity index (χ3v) is 3.07. The lowest BCUT2D eigenvalue weighted by Crippen LogP contribution is -2.25. The molecule has 0 fully saturated rings. The minimum Gasteiger partial charge on any atom is -0.325 e. The molecule has 0 atom stereocenters. The minimum absolute atomic E-state index is 0.199. The van der Waals surface area contributed by atoms with E-state index >= 15 is 0 Å². The van der Waals surface area contributed by atoms with Crippen LogP contribution >= 0.6 is 0 Å². The van der Waals surface area contributed by atoms with E-state index in [4.69, 9.17) is 11.0 Å². The number of hydrogen-bond acceptors (Lipinski definition) is 3. The van der Waals surface area contributed by atoms with Crippen molar-refractivity contribution in [2.75, 3.05) is 6.54 Å². The van der Waals surface area contributed by atoms with Gasteiger partial charge in [-0.15, -0.1) is 0 Å². The summed E-state index contributed by atoms with van der Waals surface area (Å²) in [5.74, 6) is -3.06. The van der Waals surface area contributed by atoms with Crippen LogP contribution in [0, 0.1) is 18.3 Å². The molecule has 2 N–H and O–H groups in total. The Balaban J connectivity index is 2.38. The zero-order valence-corrected chi connectivity index (χ0v) is 10.9. The Labute approximate surface area is 115 Å². The molecule has 0 radical (unpaired) electrons. The molecule has 102 valence electrons. The maximum Gasteiger partial charge on any atom is 0.286 e. The average Bonchev–Trinajstić information content (AvgIpc) is 2.47. The molecule has 5 heteroatoms. The summed E-state index contributed by atoms with van der Waals surface area (Å²) in [6.45, 7) is 1.10. The molecule has 1 heterocycles. The van der Waals surface area contributed by atoms with Crippen LogP contribution in [0.1, 0.15) is 16.7 Å². The lowest BCUT2D eigenvalue weighted by Gasteiger charge is -2.14. The van der Waals surface area contributed by atoms with Crippen molar-refractivity contribution < 1.29 is 8.78 Å². The largest absolute Gasteiger partial charge is 0.325 e. The topological polar surface area (TPSA) is 62.7 Å². The zero-order valence-electron chi connectivity index (χ0n) is 10.9. The highest BCUT2D eigenvalue weighted by Crippen LogP contribution is 2.28. The van der Waals surface area contributed by atoms with Crippen LogP contribution in [0.3, 0.4) is 0 Å². The number of nitriles is 1. The number of nitrogens with two attached hydrogens (primary N) is 1. The van der Waals surface area contributed by atoms with Gasteiger partial charge in [-0.3, -0.25) is 4.98 Å². The first-order chi connectivity index (χ1) is 9.47. The highest BCUT2D eigenvalue weighted by molar-refractivity contribution is 5.64. The van der Waals surface area contributed by atoms with Gasteiger partial charge in [-0.05, 0) is 36.8 Å². The summed E-state index contributed by atoms with van der Waals surface area (Å²) in [6, 6.07) is 10.1. The number of aryl methyl sites for hydroxylation is 1. The maximum atomic E-state index is 13.4. The third-order valence-electron chi connectivity index (χ3n) is 3.07. The fraction of sp³-hybridized carbons (Fsp3) is 0.200. The van der Waals surface area contributed by atoms with Crippen molar-refractivity contribution in [1.82, 2.24) is 4.98 Å². The zero-order chi connectivity index (χ0) is 14.8. The van der Waals surface area contributed by atoms with E-state index in [1.165, 1.54) is 12.1 Å². The van der Waals surface area contributed by atoms with Crippen LogP contribution in [-0.2, 0) is 5.92 Å². The van der Waals surface area contributed by atoms with Gasteiger partial charge in [0.05, 0.1) is 23.9 Å². The summed E-state index contributed by atoms with van der Waals surface area (Å²) >= 11 is 0. The number of aromatic nitrogens is 1. The number of halogens is 2. The second kappa shape index (κ2) is 5.35. The molecule has 0 saturated carbocycles. The Morgan fingerprint density at radius 1 is 1.30 bits per heavy atom. The van der Waals surface area contributed by atoms with E-state index < -0.39 is 12.5 Å². The van der Waals surface area contributed by atoms with Crippen molar-refractivity contribution in [2.45, 2.75) is 12.8 Å². The first-order valence-corrected chi connectivity index (χ1v) is 6.03. The first-order valence-electron chi connectivity index (χ1n) is 6.03. The van der Waals surface area contributed by atoms with Crippen LogP contribution in [0.25, 0.3) is 11.3 Å². The monoisotopic (exact) mass is 273 g/mol. The van der Waals surface area contributed by atoms with Crippen LogP contribution in [0.15, 0.2) is 36.5 Å². The Morgan fingerprint density at radius 3 is 2.55 bits per heavy atom. The molecule has 0 spiro atoms. The maximum absolute atomic E-state index is 13.4. The molecule has 0 unspecified atom stereocenters. The van der Waals surface area contributed by atoms with Crippen molar-refractivity contribution >= 4 is 0 Å². The molecule has 3 nitrogen and oxygen atoms in total. The van der Waals surface area contributed by atoms with E-state index in [1.54, 1.807) is 18.2 Å². The van der Waals surface area contributed by atoms with Crippen LogP contribution in [0.2, 0.25) is 0 Å². The summed E-state index contributed by atoms with van der Waals surface area (Å²) in [4.78, 5) is 4.06. The summed E-state index contributed by atoms with van der Waals surface area (Å²) in [5.41, 5.74) is 7.66. The van der Waals surface area contributed by atoms with Gasteiger partial charge in [0.1, 0.15) is 0 Å². The highest BCUT2D eigenvalue weighted by Gasteiger charge is 2.29. The molecule has 0 saturated heterocycles. The molecule has 1 aromatic carbocycles. The molecule has 0 aliphatic rings. The second-order valence-electron chi connectivity index (χ2n) is 4.48. The van der Waals surface area contributed by atoms with Gasteiger partial charge < -0.3 is 5.73 Å². The van der Waals surface area contributed by atoms with Gasteiger partial charge in [0.25, 0.3) is 5.92 Å². The summed E-state index contributed by atoms with van der Waals surface area (Å²) in [6.07, 6.45) is 1.14. The normalized spacial score (nSPS) is 11.2. The molecular weight excluding hydrogens is 260 g/mol. The van der Waals surface area contributed by atoms with E-state index in [0.717, 1.165) is 17.3 Å². The average molecular weight is 273 g/mol. The van der Waals surface area contributed by atoms with Gasteiger partial charge in [-0.1, -0.05) is 6.07 Å². The van der Waals surface area contributed by atoms with Gasteiger partial charge in [0.15, 0.2) is 0 Å². The standard InChI is InChI=1S/C15H13F2N3/c1-10-6-11(7-18)2-4-13(10)14-5-3-12(8-20-14)15(16,17)9-19/h2-6,8H,9,19H2,1H3. The number of alkyl halides is 2. The Hall–Kier alpha value is -2.32. The van der Waals surface area contributed by atoms with E-state index in [1.807, 2.05) is 13.0 Å². The van der Waals surface area contributed by atoms with Crippen molar-refractivity contribution in [1.29, 1.82) is 5.26 Å².